The van der Waals surface area contributed by atoms with E-state index < -0.39 is 23.9 Å². The number of aromatic amines is 1. The van der Waals surface area contributed by atoms with E-state index in [2.05, 4.69) is 25.6 Å². The Balaban J connectivity index is 1.65. The Hall–Kier alpha value is -2.43. The molecule has 3 rings (SSSR count). The number of halogens is 3. The summed E-state index contributed by atoms with van der Waals surface area (Å²) in [6.45, 7) is 3.34. The number of ether oxygens (including phenoxy) is 1. The van der Waals surface area contributed by atoms with Crippen LogP contribution in [0.5, 0.6) is 0 Å². The lowest BCUT2D eigenvalue weighted by Gasteiger charge is -2.17. The molecule has 1 fully saturated rings. The number of nitrogens with one attached hydrogen (secondary N) is 2. The van der Waals surface area contributed by atoms with Crippen LogP contribution < -0.4 is 5.32 Å². The molecule has 0 unspecified atom stereocenters. The van der Waals surface area contributed by atoms with Crippen molar-refractivity contribution in [2.75, 3.05) is 6.61 Å². The van der Waals surface area contributed by atoms with Crippen LogP contribution in [0.4, 0.5) is 13.2 Å². The first kappa shape index (κ1) is 17.4. The van der Waals surface area contributed by atoms with Crippen molar-refractivity contribution in [3.05, 3.63) is 29.1 Å². The van der Waals surface area contributed by atoms with Crippen LogP contribution in [0.2, 0.25) is 0 Å². The topological polar surface area (TPSA) is 97.7 Å². The first-order valence-corrected chi connectivity index (χ1v) is 7.65. The number of aryl methyl sites for hydroxylation is 2. The van der Waals surface area contributed by atoms with E-state index in [0.29, 0.717) is 24.7 Å². The van der Waals surface area contributed by atoms with Gasteiger partial charge in [0, 0.05) is 12.3 Å². The Kier molecular flexibility index (Phi) is 4.50. The summed E-state index contributed by atoms with van der Waals surface area (Å²) in [6, 6.07) is 0.561. The second-order valence-corrected chi connectivity index (χ2v) is 5.86. The molecule has 2 N–H and O–H groups in total. The van der Waals surface area contributed by atoms with Crippen molar-refractivity contribution in [3.8, 4) is 0 Å². The van der Waals surface area contributed by atoms with E-state index in [0.717, 1.165) is 10.7 Å². The van der Waals surface area contributed by atoms with Gasteiger partial charge in [-0.2, -0.15) is 23.4 Å². The summed E-state index contributed by atoms with van der Waals surface area (Å²) in [5.41, 5.74) is -0.762. The number of carbonyl (C=O) groups is 1. The summed E-state index contributed by atoms with van der Waals surface area (Å²) < 4.78 is 44.6. The van der Waals surface area contributed by atoms with Crippen LogP contribution in [0.25, 0.3) is 0 Å². The molecular formula is C14H17F3N6O2. The number of H-pyrrole nitrogens is 1. The lowest BCUT2D eigenvalue weighted by Crippen LogP contribution is -2.39. The summed E-state index contributed by atoms with van der Waals surface area (Å²) in [6.07, 6.45) is -4.46. The zero-order chi connectivity index (χ0) is 18.2. The Morgan fingerprint density at radius 1 is 1.48 bits per heavy atom. The van der Waals surface area contributed by atoms with Crippen LogP contribution in [0.1, 0.15) is 35.6 Å². The van der Waals surface area contributed by atoms with E-state index in [9.17, 15) is 18.0 Å². The van der Waals surface area contributed by atoms with E-state index in [1.54, 1.807) is 6.92 Å². The smallest absolute Gasteiger partial charge is 0.368 e. The number of carbonyl (C=O) groups excluding carboxylic acids is 1. The van der Waals surface area contributed by atoms with Crippen molar-refractivity contribution in [3.63, 3.8) is 0 Å². The first-order chi connectivity index (χ1) is 11.7. The Morgan fingerprint density at radius 3 is 2.84 bits per heavy atom. The van der Waals surface area contributed by atoms with Gasteiger partial charge in [-0.05, 0) is 26.3 Å². The Labute approximate surface area is 140 Å². The van der Waals surface area contributed by atoms with Gasteiger partial charge in [0.15, 0.2) is 11.5 Å². The number of amides is 1. The number of rotatable bonds is 4. The van der Waals surface area contributed by atoms with Gasteiger partial charge >= 0.3 is 6.18 Å². The van der Waals surface area contributed by atoms with E-state index in [4.69, 9.17) is 4.74 Å². The van der Waals surface area contributed by atoms with Crippen LogP contribution in [0, 0.1) is 13.8 Å². The average Bonchev–Trinajstić information content (AvgIpc) is 3.20. The molecule has 1 amide bonds. The summed E-state index contributed by atoms with van der Waals surface area (Å²) in [5.74, 6) is 0.616. The third kappa shape index (κ3) is 3.81. The maximum atomic E-state index is 12.7. The largest absolute Gasteiger partial charge is 0.435 e. The maximum absolute atomic E-state index is 12.7. The highest BCUT2D eigenvalue weighted by molar-refractivity contribution is 5.76. The van der Waals surface area contributed by atoms with Gasteiger partial charge < -0.3 is 10.1 Å². The molecular weight excluding hydrogens is 341 g/mol. The van der Waals surface area contributed by atoms with E-state index >= 15 is 0 Å². The maximum Gasteiger partial charge on any atom is 0.435 e. The summed E-state index contributed by atoms with van der Waals surface area (Å²) in [5, 5.41) is 12.9. The number of aromatic nitrogens is 5. The highest BCUT2D eigenvalue weighted by Gasteiger charge is 2.36. The molecule has 11 heteroatoms. The number of nitrogens with zero attached hydrogens (tertiary/aromatic N) is 4. The van der Waals surface area contributed by atoms with Crippen LogP contribution in [-0.4, -0.2) is 43.5 Å². The second kappa shape index (κ2) is 6.47. The minimum atomic E-state index is -4.54. The third-order valence-corrected chi connectivity index (χ3v) is 3.87. The van der Waals surface area contributed by atoms with Crippen molar-refractivity contribution >= 4 is 5.91 Å². The van der Waals surface area contributed by atoms with Crippen molar-refractivity contribution in [1.82, 2.24) is 30.3 Å². The highest BCUT2D eigenvalue weighted by Crippen LogP contribution is 2.29. The average molecular weight is 358 g/mol. The minimum absolute atomic E-state index is 0.256. The molecule has 0 bridgehead atoms. The van der Waals surface area contributed by atoms with Gasteiger partial charge in [0.05, 0.1) is 6.04 Å². The molecule has 0 saturated carbocycles. The standard InChI is InChI=1S/C14H17F3N6O2/c1-7-5-10(14(15,16)17)22-23(7)6-11(24)19-9-3-4-25-12(9)13-18-8(2)20-21-13/h5,9,12H,3-4,6H2,1-2H3,(H,19,24)(H,18,20,21)/t9-,12+/m0/s1. The molecule has 136 valence electrons. The third-order valence-electron chi connectivity index (χ3n) is 3.87. The molecule has 2 atom stereocenters. The lowest BCUT2D eigenvalue weighted by atomic mass is 10.1. The van der Waals surface area contributed by atoms with Crippen molar-refractivity contribution in [2.24, 2.45) is 0 Å². The first-order valence-electron chi connectivity index (χ1n) is 7.65. The van der Waals surface area contributed by atoms with Gasteiger partial charge in [0.25, 0.3) is 0 Å². The zero-order valence-corrected chi connectivity index (χ0v) is 13.6. The minimum Gasteiger partial charge on any atom is -0.368 e. The number of hydrogen-bond donors (Lipinski definition) is 2. The summed E-state index contributed by atoms with van der Waals surface area (Å²) >= 11 is 0. The Morgan fingerprint density at radius 2 is 2.24 bits per heavy atom. The summed E-state index contributed by atoms with van der Waals surface area (Å²) in [4.78, 5) is 16.4. The molecule has 0 radical (unpaired) electrons. The monoisotopic (exact) mass is 358 g/mol. The van der Waals surface area contributed by atoms with Crippen molar-refractivity contribution in [2.45, 2.75) is 45.1 Å². The second-order valence-electron chi connectivity index (χ2n) is 5.86. The van der Waals surface area contributed by atoms with E-state index in [-0.39, 0.29) is 18.3 Å². The molecule has 1 aliphatic rings. The molecule has 1 aliphatic heterocycles. The summed E-state index contributed by atoms with van der Waals surface area (Å²) in [7, 11) is 0. The van der Waals surface area contributed by atoms with Gasteiger partial charge in [-0.1, -0.05) is 0 Å². The molecule has 8 nitrogen and oxygen atoms in total. The predicted molar refractivity (Wildman–Crippen MR) is 78.3 cm³/mol. The molecule has 0 spiro atoms. The fourth-order valence-electron chi connectivity index (χ4n) is 2.68. The molecule has 0 aliphatic carbocycles. The normalized spacial score (nSPS) is 20.8. The fourth-order valence-corrected chi connectivity index (χ4v) is 2.68. The van der Waals surface area contributed by atoms with Crippen LogP contribution in [0.3, 0.4) is 0 Å². The predicted octanol–water partition coefficient (Wildman–Crippen LogP) is 1.28. The van der Waals surface area contributed by atoms with Gasteiger partial charge in [0.1, 0.15) is 18.5 Å². The lowest BCUT2D eigenvalue weighted by molar-refractivity contribution is -0.141. The van der Waals surface area contributed by atoms with Gasteiger partial charge in [-0.3, -0.25) is 14.6 Å². The van der Waals surface area contributed by atoms with Crippen molar-refractivity contribution in [1.29, 1.82) is 0 Å². The fraction of sp³-hybridized carbons (Fsp3) is 0.571. The quantitative estimate of drug-likeness (QED) is 0.858. The Bertz CT molecular complexity index is 769. The van der Waals surface area contributed by atoms with Crippen molar-refractivity contribution < 1.29 is 22.7 Å². The highest BCUT2D eigenvalue weighted by atomic mass is 19.4. The van der Waals surface area contributed by atoms with Gasteiger partial charge in [0.2, 0.25) is 5.91 Å². The molecule has 2 aromatic heterocycles. The number of hydrogen-bond acceptors (Lipinski definition) is 5. The van der Waals surface area contributed by atoms with E-state index in [1.807, 2.05) is 0 Å². The van der Waals surface area contributed by atoms with Crippen LogP contribution in [0.15, 0.2) is 6.07 Å². The number of alkyl halides is 3. The molecule has 1 saturated heterocycles. The van der Waals surface area contributed by atoms with E-state index in [1.165, 1.54) is 6.92 Å². The molecule has 25 heavy (non-hydrogen) atoms. The molecule has 3 heterocycles. The SMILES string of the molecule is Cc1nc([C@@H]2OCC[C@@H]2NC(=O)Cn2nc(C(F)(F)F)cc2C)n[nH]1. The van der Waals surface area contributed by atoms with Crippen LogP contribution >= 0.6 is 0 Å². The van der Waals surface area contributed by atoms with Gasteiger partial charge in [-0.15, -0.1) is 0 Å². The zero-order valence-electron chi connectivity index (χ0n) is 13.6. The molecule has 2 aromatic rings. The van der Waals surface area contributed by atoms with Gasteiger partial charge in [-0.25, -0.2) is 4.98 Å². The van der Waals surface area contributed by atoms with Crippen LogP contribution in [-0.2, 0) is 22.3 Å². The molecule has 0 aromatic carbocycles.